The molecule has 0 atom stereocenters. The zero-order chi connectivity index (χ0) is 14.8. The average Bonchev–Trinajstić information content (AvgIpc) is 3.16. The molecule has 0 fully saturated rings. The largest absolute Gasteiger partial charge is 0.333 e. The average molecular weight is 298 g/mol. The van der Waals surface area contributed by atoms with Crippen molar-refractivity contribution in [3.05, 3.63) is 53.5 Å². The molecule has 21 heavy (non-hydrogen) atoms. The van der Waals surface area contributed by atoms with E-state index in [0.29, 0.717) is 0 Å². The van der Waals surface area contributed by atoms with Gasteiger partial charge in [-0.25, -0.2) is 0 Å². The number of rotatable bonds is 4. The molecule has 3 rings (SSSR count). The third-order valence-electron chi connectivity index (χ3n) is 3.50. The van der Waals surface area contributed by atoms with Gasteiger partial charge in [0.1, 0.15) is 0 Å². The minimum absolute atomic E-state index is 0.884. The lowest BCUT2D eigenvalue weighted by Gasteiger charge is -2.15. The lowest BCUT2D eigenvalue weighted by molar-refractivity contribution is 0.378. The van der Waals surface area contributed by atoms with Crippen LogP contribution in [0.25, 0.3) is 0 Å². The smallest absolute Gasteiger partial charge is 0.0961 e. The third-order valence-corrected chi connectivity index (χ3v) is 3.89. The molecule has 0 radical (unpaired) electrons. The van der Waals surface area contributed by atoms with E-state index in [1.165, 1.54) is 0 Å². The molecule has 0 aliphatic carbocycles. The molecular formula is C16H18N4S. The summed E-state index contributed by atoms with van der Waals surface area (Å²) in [7, 11) is 4.14. The summed E-state index contributed by atoms with van der Waals surface area (Å²) in [5.74, 6) is 0. The molecule has 0 amide bonds. The van der Waals surface area contributed by atoms with Crippen LogP contribution in [0.5, 0.6) is 0 Å². The van der Waals surface area contributed by atoms with Gasteiger partial charge in [-0.1, -0.05) is 0 Å². The Bertz CT molecular complexity index is 688. The molecule has 5 heteroatoms. The number of hydrogen-bond acceptors (Lipinski definition) is 4. The Kier molecular flexibility index (Phi) is 3.94. The van der Waals surface area contributed by atoms with Gasteiger partial charge in [0.2, 0.25) is 0 Å². The van der Waals surface area contributed by atoms with Crippen LogP contribution in [0.1, 0.15) is 5.69 Å². The fraction of sp³-hybridized carbons (Fsp3) is 0.250. The number of nitrogens with zero attached hydrogens (tertiary/aromatic N) is 4. The van der Waals surface area contributed by atoms with Crippen molar-refractivity contribution in [1.82, 2.24) is 9.47 Å². The summed E-state index contributed by atoms with van der Waals surface area (Å²) >= 11 is 4.56. The highest BCUT2D eigenvalue weighted by Crippen LogP contribution is 2.25. The molecule has 2 aliphatic rings. The summed E-state index contributed by atoms with van der Waals surface area (Å²) < 4.78 is 2.19. The summed E-state index contributed by atoms with van der Waals surface area (Å²) in [6.07, 6.45) is 9.61. The number of aromatic nitrogens is 1. The summed E-state index contributed by atoms with van der Waals surface area (Å²) in [4.78, 5) is 11.1. The van der Waals surface area contributed by atoms with Crippen LogP contribution in [-0.4, -0.2) is 42.0 Å². The first-order chi connectivity index (χ1) is 10.2. The van der Waals surface area contributed by atoms with Gasteiger partial charge < -0.3 is 9.47 Å². The summed E-state index contributed by atoms with van der Waals surface area (Å²) in [6, 6.07) is 4.09. The second kappa shape index (κ2) is 5.87. The second-order valence-corrected chi connectivity index (χ2v) is 5.72. The predicted molar refractivity (Wildman–Crippen MR) is 90.6 cm³/mol. The van der Waals surface area contributed by atoms with E-state index in [4.69, 9.17) is 0 Å². The van der Waals surface area contributed by atoms with Gasteiger partial charge in [-0.05, 0) is 44.5 Å². The molecular weight excluding hydrogens is 280 g/mol. The Morgan fingerprint density at radius 2 is 2.10 bits per heavy atom. The van der Waals surface area contributed by atoms with Crippen LogP contribution in [0.3, 0.4) is 0 Å². The van der Waals surface area contributed by atoms with Gasteiger partial charge in [-0.3, -0.25) is 9.98 Å². The van der Waals surface area contributed by atoms with Crippen LogP contribution in [0, 0.1) is 0 Å². The zero-order valence-electron chi connectivity index (χ0n) is 12.2. The SMILES string of the molecule is CN(C)CCn1c(S)ccc1C1=NC=CC1=C1C=CC=N1. The molecule has 108 valence electrons. The van der Waals surface area contributed by atoms with Gasteiger partial charge in [0.15, 0.2) is 0 Å². The van der Waals surface area contributed by atoms with E-state index in [0.717, 1.165) is 40.8 Å². The quantitative estimate of drug-likeness (QED) is 0.851. The Balaban J connectivity index is 1.96. The second-order valence-electron chi connectivity index (χ2n) is 5.26. The lowest BCUT2D eigenvalue weighted by Crippen LogP contribution is -2.21. The predicted octanol–water partition coefficient (Wildman–Crippen LogP) is 2.55. The maximum atomic E-state index is 4.56. The van der Waals surface area contributed by atoms with Gasteiger partial charge in [0.25, 0.3) is 0 Å². The number of aliphatic imine (C=N–C) groups is 2. The van der Waals surface area contributed by atoms with Crippen LogP contribution in [0.4, 0.5) is 0 Å². The molecule has 1 aromatic heterocycles. The number of thiol groups is 1. The fourth-order valence-corrected chi connectivity index (χ4v) is 2.69. The summed E-state index contributed by atoms with van der Waals surface area (Å²) in [6.45, 7) is 1.84. The Morgan fingerprint density at radius 3 is 2.81 bits per heavy atom. The molecule has 0 aromatic carbocycles. The molecule has 0 saturated heterocycles. The highest BCUT2D eigenvalue weighted by Gasteiger charge is 2.20. The van der Waals surface area contributed by atoms with Gasteiger partial charge >= 0.3 is 0 Å². The zero-order valence-corrected chi connectivity index (χ0v) is 13.1. The first-order valence-corrected chi connectivity index (χ1v) is 7.35. The highest BCUT2D eigenvalue weighted by atomic mass is 32.1. The van der Waals surface area contributed by atoms with E-state index >= 15 is 0 Å². The normalized spacial score (nSPS) is 20.1. The summed E-state index contributed by atoms with van der Waals surface area (Å²) in [5, 5.41) is 0.955. The molecule has 0 bridgehead atoms. The maximum Gasteiger partial charge on any atom is 0.0961 e. The molecule has 0 spiro atoms. The van der Waals surface area contributed by atoms with Crippen LogP contribution in [-0.2, 0) is 6.54 Å². The van der Waals surface area contributed by atoms with Crippen molar-refractivity contribution in [3.63, 3.8) is 0 Å². The van der Waals surface area contributed by atoms with Crippen molar-refractivity contribution >= 4 is 24.6 Å². The van der Waals surface area contributed by atoms with Crippen LogP contribution >= 0.6 is 12.6 Å². The highest BCUT2D eigenvalue weighted by molar-refractivity contribution is 7.80. The topological polar surface area (TPSA) is 32.9 Å². The van der Waals surface area contributed by atoms with E-state index in [9.17, 15) is 0 Å². The van der Waals surface area contributed by atoms with Crippen molar-refractivity contribution in [1.29, 1.82) is 0 Å². The fourth-order valence-electron chi connectivity index (χ4n) is 2.40. The van der Waals surface area contributed by atoms with E-state index in [2.05, 4.69) is 52.2 Å². The molecule has 0 unspecified atom stereocenters. The third kappa shape index (κ3) is 2.80. The van der Waals surface area contributed by atoms with Crippen molar-refractivity contribution in [2.45, 2.75) is 11.6 Å². The van der Waals surface area contributed by atoms with Crippen LogP contribution in [0.15, 0.2) is 62.8 Å². The molecule has 4 nitrogen and oxygen atoms in total. The number of allylic oxidation sites excluding steroid dienone is 4. The van der Waals surface area contributed by atoms with Gasteiger partial charge in [-0.15, -0.1) is 12.6 Å². The van der Waals surface area contributed by atoms with E-state index in [1.807, 2.05) is 30.5 Å². The number of hydrogen-bond donors (Lipinski definition) is 1. The molecule has 0 N–H and O–H groups in total. The molecule has 3 heterocycles. The number of likely N-dealkylation sites (N-methyl/N-ethyl adjacent to an activating group) is 1. The monoisotopic (exact) mass is 298 g/mol. The minimum atomic E-state index is 0.884. The van der Waals surface area contributed by atoms with Crippen molar-refractivity contribution < 1.29 is 0 Å². The molecule has 2 aliphatic heterocycles. The molecule has 1 aromatic rings. The first kappa shape index (κ1) is 14.1. The lowest BCUT2D eigenvalue weighted by atomic mass is 10.1. The van der Waals surface area contributed by atoms with Crippen molar-refractivity contribution in [2.75, 3.05) is 20.6 Å². The Morgan fingerprint density at radius 1 is 1.24 bits per heavy atom. The maximum absolute atomic E-state index is 4.56. The van der Waals surface area contributed by atoms with Gasteiger partial charge in [-0.2, -0.15) is 0 Å². The first-order valence-electron chi connectivity index (χ1n) is 6.90. The van der Waals surface area contributed by atoms with Crippen molar-refractivity contribution in [2.24, 2.45) is 9.98 Å². The van der Waals surface area contributed by atoms with E-state index in [1.54, 1.807) is 6.21 Å². The van der Waals surface area contributed by atoms with E-state index < -0.39 is 0 Å². The Hall–Kier alpha value is -1.85. The van der Waals surface area contributed by atoms with Crippen LogP contribution < -0.4 is 0 Å². The molecule has 0 saturated carbocycles. The van der Waals surface area contributed by atoms with Crippen molar-refractivity contribution in [3.8, 4) is 0 Å². The van der Waals surface area contributed by atoms with Crippen LogP contribution in [0.2, 0.25) is 0 Å². The standard InChI is InChI=1S/C16H18N4S/c1-19(2)10-11-20-14(5-6-15(20)21)16-12(7-9-18-16)13-4-3-8-17-13/h3-9,21H,10-11H2,1-2H3. The van der Waals surface area contributed by atoms with Gasteiger partial charge in [0.05, 0.1) is 22.1 Å². The van der Waals surface area contributed by atoms with Gasteiger partial charge in [0, 0.05) is 31.1 Å². The Labute approximate surface area is 130 Å². The van der Waals surface area contributed by atoms with E-state index in [-0.39, 0.29) is 0 Å². The summed E-state index contributed by atoms with van der Waals surface area (Å²) in [5.41, 5.74) is 4.08. The minimum Gasteiger partial charge on any atom is -0.333 e.